The van der Waals surface area contributed by atoms with Crippen LogP contribution in [-0.4, -0.2) is 32.1 Å². The van der Waals surface area contributed by atoms with Gasteiger partial charge in [0, 0.05) is 10.0 Å². The lowest BCUT2D eigenvalue weighted by Crippen LogP contribution is -2.15. The van der Waals surface area contributed by atoms with Gasteiger partial charge in [-0.15, -0.1) is 0 Å². The van der Waals surface area contributed by atoms with E-state index in [1.54, 1.807) is 36.4 Å². The van der Waals surface area contributed by atoms with E-state index in [0.29, 0.717) is 33.7 Å². The zero-order valence-electron chi connectivity index (χ0n) is 13.4. The third-order valence-electron chi connectivity index (χ3n) is 3.21. The molecule has 0 saturated carbocycles. The molecule has 0 N–H and O–H groups in total. The zero-order chi connectivity index (χ0) is 17.5. The molecule has 0 aliphatic heterocycles. The van der Waals surface area contributed by atoms with Gasteiger partial charge < -0.3 is 14.2 Å². The molecule has 24 heavy (non-hydrogen) atoms. The topological polar surface area (TPSA) is 61.8 Å². The Labute approximate surface area is 148 Å². The maximum Gasteiger partial charge on any atom is 0.338 e. The van der Waals surface area contributed by atoms with Gasteiger partial charge in [-0.05, 0) is 31.2 Å². The van der Waals surface area contributed by atoms with E-state index in [0.717, 1.165) is 0 Å². The van der Waals surface area contributed by atoms with Crippen LogP contribution in [-0.2, 0) is 4.74 Å². The van der Waals surface area contributed by atoms with Crippen molar-refractivity contribution in [3.05, 3.63) is 58.1 Å². The van der Waals surface area contributed by atoms with Gasteiger partial charge in [0.15, 0.2) is 18.1 Å². The first-order valence-corrected chi connectivity index (χ1v) is 8.11. The van der Waals surface area contributed by atoms with Gasteiger partial charge in [-0.1, -0.05) is 34.1 Å². The highest BCUT2D eigenvalue weighted by atomic mass is 79.9. The van der Waals surface area contributed by atoms with E-state index < -0.39 is 5.97 Å². The summed E-state index contributed by atoms with van der Waals surface area (Å²) >= 11 is 3.30. The number of hydrogen-bond acceptors (Lipinski definition) is 5. The van der Waals surface area contributed by atoms with Crippen molar-refractivity contribution in [2.45, 2.75) is 6.92 Å². The molecule has 0 unspecified atom stereocenters. The second kappa shape index (κ2) is 8.49. The standard InChI is InChI=1S/C18H17BrO5/c1-3-23-17-10-12(8-9-16(17)22-2)18(21)24-11-15(20)13-6-4-5-7-14(13)19/h4-10H,3,11H2,1-2H3. The van der Waals surface area contributed by atoms with Crippen LogP contribution in [0.2, 0.25) is 0 Å². The summed E-state index contributed by atoms with van der Waals surface area (Å²) in [7, 11) is 1.52. The number of hydrogen-bond donors (Lipinski definition) is 0. The van der Waals surface area contributed by atoms with Crippen molar-refractivity contribution in [1.29, 1.82) is 0 Å². The fourth-order valence-electron chi connectivity index (χ4n) is 2.05. The molecule has 0 bridgehead atoms. The molecule has 0 radical (unpaired) electrons. The Morgan fingerprint density at radius 2 is 1.83 bits per heavy atom. The van der Waals surface area contributed by atoms with E-state index in [4.69, 9.17) is 14.2 Å². The molecular weight excluding hydrogens is 376 g/mol. The molecule has 2 rings (SSSR count). The van der Waals surface area contributed by atoms with Crippen molar-refractivity contribution in [2.24, 2.45) is 0 Å². The molecule has 0 heterocycles. The molecule has 2 aromatic carbocycles. The Morgan fingerprint density at radius 3 is 2.50 bits per heavy atom. The maximum atomic E-state index is 12.1. The minimum Gasteiger partial charge on any atom is -0.493 e. The predicted octanol–water partition coefficient (Wildman–Crippen LogP) is 3.90. The van der Waals surface area contributed by atoms with E-state index in [2.05, 4.69) is 15.9 Å². The van der Waals surface area contributed by atoms with Gasteiger partial charge >= 0.3 is 5.97 Å². The first-order chi connectivity index (χ1) is 11.6. The normalized spacial score (nSPS) is 10.1. The van der Waals surface area contributed by atoms with Gasteiger partial charge in [0.2, 0.25) is 5.78 Å². The Kier molecular flexibility index (Phi) is 6.37. The number of carbonyl (C=O) groups excluding carboxylic acids is 2. The van der Waals surface area contributed by atoms with Crippen LogP contribution in [0.25, 0.3) is 0 Å². The van der Waals surface area contributed by atoms with E-state index in [-0.39, 0.29) is 12.4 Å². The number of esters is 1. The van der Waals surface area contributed by atoms with Crippen molar-refractivity contribution in [2.75, 3.05) is 20.3 Å². The highest BCUT2D eigenvalue weighted by molar-refractivity contribution is 9.10. The summed E-state index contributed by atoms with van der Waals surface area (Å²) < 4.78 is 16.4. The van der Waals surface area contributed by atoms with Crippen LogP contribution in [0.4, 0.5) is 0 Å². The average molecular weight is 393 g/mol. The highest BCUT2D eigenvalue weighted by Gasteiger charge is 2.15. The zero-order valence-corrected chi connectivity index (χ0v) is 15.0. The molecule has 0 aliphatic carbocycles. The van der Waals surface area contributed by atoms with Crippen LogP contribution < -0.4 is 9.47 Å². The summed E-state index contributed by atoms with van der Waals surface area (Å²) in [5.74, 6) is 0.0950. The summed E-state index contributed by atoms with van der Waals surface area (Å²) in [6, 6.07) is 11.7. The molecule has 0 fully saturated rings. The van der Waals surface area contributed by atoms with Crippen LogP contribution in [0.1, 0.15) is 27.6 Å². The molecule has 5 nitrogen and oxygen atoms in total. The third kappa shape index (κ3) is 4.35. The Hall–Kier alpha value is -2.34. The van der Waals surface area contributed by atoms with E-state index in [1.165, 1.54) is 13.2 Å². The molecule has 0 saturated heterocycles. The number of benzene rings is 2. The van der Waals surface area contributed by atoms with E-state index >= 15 is 0 Å². The molecule has 2 aromatic rings. The SMILES string of the molecule is CCOc1cc(C(=O)OCC(=O)c2ccccc2Br)ccc1OC. The monoisotopic (exact) mass is 392 g/mol. The number of halogens is 1. The summed E-state index contributed by atoms with van der Waals surface area (Å²) in [6.07, 6.45) is 0. The van der Waals surface area contributed by atoms with Crippen molar-refractivity contribution in [3.8, 4) is 11.5 Å². The molecule has 0 spiro atoms. The quantitative estimate of drug-likeness (QED) is 0.528. The molecular formula is C18H17BrO5. The van der Waals surface area contributed by atoms with Gasteiger partial charge in [0.05, 0.1) is 19.3 Å². The Balaban J connectivity index is 2.06. The third-order valence-corrected chi connectivity index (χ3v) is 3.90. The van der Waals surface area contributed by atoms with Gasteiger partial charge in [0.25, 0.3) is 0 Å². The van der Waals surface area contributed by atoms with Gasteiger partial charge in [-0.25, -0.2) is 4.79 Å². The van der Waals surface area contributed by atoms with E-state index in [1.807, 2.05) is 6.92 Å². The summed E-state index contributed by atoms with van der Waals surface area (Å²) in [5, 5.41) is 0. The van der Waals surface area contributed by atoms with Gasteiger partial charge in [-0.3, -0.25) is 4.79 Å². The fraction of sp³-hybridized carbons (Fsp3) is 0.222. The number of ether oxygens (including phenoxy) is 3. The summed E-state index contributed by atoms with van der Waals surface area (Å²) in [5.41, 5.74) is 0.759. The first kappa shape index (κ1) is 18.0. The van der Waals surface area contributed by atoms with Crippen molar-refractivity contribution >= 4 is 27.7 Å². The Morgan fingerprint density at radius 1 is 1.08 bits per heavy atom. The summed E-state index contributed by atoms with van der Waals surface area (Å²) in [4.78, 5) is 24.3. The maximum absolute atomic E-state index is 12.1. The number of methoxy groups -OCH3 is 1. The van der Waals surface area contributed by atoms with Crippen LogP contribution in [0.3, 0.4) is 0 Å². The minimum absolute atomic E-state index is 0.283. The number of carbonyl (C=O) groups is 2. The lowest BCUT2D eigenvalue weighted by molar-refractivity contribution is 0.0474. The van der Waals surface area contributed by atoms with Crippen LogP contribution in [0.5, 0.6) is 11.5 Å². The largest absolute Gasteiger partial charge is 0.493 e. The lowest BCUT2D eigenvalue weighted by Gasteiger charge is -2.11. The number of Topliss-reactive ketones (excluding diaryl/α,β-unsaturated/α-hetero) is 1. The van der Waals surface area contributed by atoms with Crippen LogP contribution in [0.15, 0.2) is 46.9 Å². The second-order valence-electron chi connectivity index (χ2n) is 4.78. The molecule has 0 atom stereocenters. The van der Waals surface area contributed by atoms with Gasteiger partial charge in [-0.2, -0.15) is 0 Å². The highest BCUT2D eigenvalue weighted by Crippen LogP contribution is 2.28. The predicted molar refractivity (Wildman–Crippen MR) is 92.9 cm³/mol. The molecule has 0 aliphatic rings. The van der Waals surface area contributed by atoms with Crippen molar-refractivity contribution < 1.29 is 23.8 Å². The molecule has 126 valence electrons. The van der Waals surface area contributed by atoms with Gasteiger partial charge in [0.1, 0.15) is 0 Å². The molecule has 0 aromatic heterocycles. The summed E-state index contributed by atoms with van der Waals surface area (Å²) in [6.45, 7) is 1.94. The molecule has 6 heteroatoms. The van der Waals surface area contributed by atoms with Crippen molar-refractivity contribution in [3.63, 3.8) is 0 Å². The fourth-order valence-corrected chi connectivity index (χ4v) is 2.56. The Bertz CT molecular complexity index is 742. The minimum atomic E-state index is -0.598. The number of ketones is 1. The average Bonchev–Trinajstić information content (AvgIpc) is 2.60. The molecule has 0 amide bonds. The first-order valence-electron chi connectivity index (χ1n) is 7.32. The smallest absolute Gasteiger partial charge is 0.338 e. The second-order valence-corrected chi connectivity index (χ2v) is 5.63. The van der Waals surface area contributed by atoms with Crippen molar-refractivity contribution in [1.82, 2.24) is 0 Å². The lowest BCUT2D eigenvalue weighted by atomic mass is 10.1. The van der Waals surface area contributed by atoms with Crippen LogP contribution >= 0.6 is 15.9 Å². The number of rotatable bonds is 7. The van der Waals surface area contributed by atoms with Crippen LogP contribution in [0, 0.1) is 0 Å². The van der Waals surface area contributed by atoms with E-state index in [9.17, 15) is 9.59 Å².